The van der Waals surface area contributed by atoms with Crippen LogP contribution in [0.4, 0.5) is 0 Å². The van der Waals surface area contributed by atoms with Gasteiger partial charge in [0.25, 0.3) is 5.11 Å². The maximum atomic E-state index is 5.39. The summed E-state index contributed by atoms with van der Waals surface area (Å²) in [6, 6.07) is 0.751. The summed E-state index contributed by atoms with van der Waals surface area (Å²) in [6.45, 7) is 3.65. The molecule has 2 rings (SSSR count). The molecule has 76 valence electrons. The molecule has 2 aliphatic heterocycles. The minimum absolute atomic E-state index is 0. The predicted octanol–water partition coefficient (Wildman–Crippen LogP) is -1.71. The molecular weight excluding hydrogens is 410 g/mol. The van der Waals surface area contributed by atoms with Crippen LogP contribution in [0, 0.1) is 0 Å². The monoisotopic (exact) mass is 424 g/mol. The van der Waals surface area contributed by atoms with Gasteiger partial charge in [-0.3, -0.25) is 4.48 Å². The molecule has 1 N–H and O–H groups in total. The lowest BCUT2D eigenvalue weighted by Crippen LogP contribution is -3.00. The maximum absolute atomic E-state index is 5.39. The van der Waals surface area contributed by atoms with E-state index in [-0.39, 0.29) is 24.0 Å². The Hall–Kier alpha value is 1.31. The van der Waals surface area contributed by atoms with Gasteiger partial charge >= 0.3 is 0 Å². The zero-order valence-electron chi connectivity index (χ0n) is 7.43. The highest BCUT2D eigenvalue weighted by Crippen LogP contribution is 2.28. The number of alkyl halides is 1. The Labute approximate surface area is 116 Å². The lowest BCUT2D eigenvalue weighted by molar-refractivity contribution is -0.841. The number of quaternary nitrogens is 1. The van der Waals surface area contributed by atoms with Gasteiger partial charge in [-0.1, -0.05) is 22.6 Å². The summed E-state index contributed by atoms with van der Waals surface area (Å²) in [5.74, 6) is 0. The number of hydrogen-bond acceptors (Lipinski definition) is 1. The van der Waals surface area contributed by atoms with E-state index in [1.807, 2.05) is 0 Å². The Kier molecular flexibility index (Phi) is 4.66. The standard InChI is InChI=1S/C8H13IN2S.HI/c9-5-7-6-10-8(12)11(7)3-1-2-4-11;/h7H,1-6H2;1H. The van der Waals surface area contributed by atoms with E-state index in [0.717, 1.165) is 22.2 Å². The lowest BCUT2D eigenvalue weighted by Gasteiger charge is -2.32. The zero-order valence-corrected chi connectivity index (χ0v) is 12.6. The van der Waals surface area contributed by atoms with Crippen LogP contribution in [-0.4, -0.2) is 39.7 Å². The van der Waals surface area contributed by atoms with Crippen molar-refractivity contribution in [2.75, 3.05) is 24.1 Å². The van der Waals surface area contributed by atoms with Gasteiger partial charge in [-0.15, -0.1) is 0 Å². The molecule has 2 heterocycles. The van der Waals surface area contributed by atoms with Crippen molar-refractivity contribution in [3.05, 3.63) is 0 Å². The normalized spacial score (nSPS) is 30.2. The number of hydrogen-bond donors (Lipinski definition) is 1. The van der Waals surface area contributed by atoms with E-state index in [4.69, 9.17) is 12.2 Å². The van der Waals surface area contributed by atoms with Crippen LogP contribution >= 0.6 is 34.8 Å². The van der Waals surface area contributed by atoms with E-state index in [1.54, 1.807) is 0 Å². The first-order valence-electron chi connectivity index (χ1n) is 4.51. The molecule has 0 saturated carbocycles. The van der Waals surface area contributed by atoms with Crippen LogP contribution in [0.5, 0.6) is 0 Å². The van der Waals surface area contributed by atoms with Gasteiger partial charge in [-0.05, 0) is 0 Å². The van der Waals surface area contributed by atoms with Crippen LogP contribution in [0.15, 0.2) is 0 Å². The predicted molar refractivity (Wildman–Crippen MR) is 62.5 cm³/mol. The van der Waals surface area contributed by atoms with E-state index in [1.165, 1.54) is 30.4 Å². The fraction of sp³-hybridized carbons (Fsp3) is 0.875. The second-order valence-corrected chi connectivity index (χ2v) is 4.95. The molecule has 1 spiro atoms. The zero-order chi connectivity index (χ0) is 8.60. The number of nitrogens with zero attached hydrogens (tertiary/aromatic N) is 1. The van der Waals surface area contributed by atoms with Crippen molar-refractivity contribution >= 4 is 39.9 Å². The number of nitrogens with one attached hydrogen (secondary N) is 1. The van der Waals surface area contributed by atoms with Crippen LogP contribution < -0.4 is 29.3 Å². The van der Waals surface area contributed by atoms with E-state index in [0.29, 0.717) is 0 Å². The first kappa shape index (κ1) is 12.4. The summed E-state index contributed by atoms with van der Waals surface area (Å²) < 4.78 is 2.34. The number of rotatable bonds is 1. The molecule has 0 bridgehead atoms. The molecule has 0 aliphatic carbocycles. The summed E-state index contributed by atoms with van der Waals surface area (Å²) in [5.41, 5.74) is 0. The molecule has 5 heteroatoms. The highest BCUT2D eigenvalue weighted by Gasteiger charge is 2.48. The molecule has 0 aromatic carbocycles. The molecule has 0 aromatic rings. The molecular formula is C8H14I2N2S. The topological polar surface area (TPSA) is 12.0 Å². The average Bonchev–Trinajstić information content (AvgIpc) is 2.65. The molecule has 2 nitrogen and oxygen atoms in total. The minimum Gasteiger partial charge on any atom is -1.00 e. The van der Waals surface area contributed by atoms with Crippen molar-refractivity contribution < 1.29 is 28.5 Å². The van der Waals surface area contributed by atoms with Crippen molar-refractivity contribution in [2.24, 2.45) is 0 Å². The van der Waals surface area contributed by atoms with Crippen molar-refractivity contribution in [1.29, 1.82) is 0 Å². The summed E-state index contributed by atoms with van der Waals surface area (Å²) in [7, 11) is 0. The number of halogens is 2. The summed E-state index contributed by atoms with van der Waals surface area (Å²) >= 11 is 7.88. The van der Waals surface area contributed by atoms with E-state index in [9.17, 15) is 0 Å². The third-order valence-electron chi connectivity index (χ3n) is 3.13. The third kappa shape index (κ3) is 1.98. The van der Waals surface area contributed by atoms with Crippen molar-refractivity contribution in [3.63, 3.8) is 0 Å². The van der Waals surface area contributed by atoms with Gasteiger partial charge in [0.15, 0.2) is 0 Å². The van der Waals surface area contributed by atoms with Gasteiger partial charge in [-0.25, -0.2) is 0 Å². The van der Waals surface area contributed by atoms with Gasteiger partial charge in [0, 0.05) is 25.1 Å². The summed E-state index contributed by atoms with van der Waals surface area (Å²) in [4.78, 5) is 0. The van der Waals surface area contributed by atoms with Crippen molar-refractivity contribution in [2.45, 2.75) is 18.9 Å². The first-order chi connectivity index (χ1) is 5.79. The average molecular weight is 424 g/mol. The third-order valence-corrected chi connectivity index (χ3v) is 4.66. The Balaban J connectivity index is 0.000000845. The molecule has 2 saturated heterocycles. The van der Waals surface area contributed by atoms with E-state index in [2.05, 4.69) is 27.9 Å². The summed E-state index contributed by atoms with van der Waals surface area (Å²) in [6.07, 6.45) is 2.71. The Morgan fingerprint density at radius 1 is 1.46 bits per heavy atom. The summed E-state index contributed by atoms with van der Waals surface area (Å²) in [5, 5.41) is 4.46. The van der Waals surface area contributed by atoms with Crippen molar-refractivity contribution in [3.8, 4) is 0 Å². The molecule has 2 aliphatic rings. The van der Waals surface area contributed by atoms with Gasteiger partial charge < -0.3 is 29.3 Å². The minimum atomic E-state index is 0. The molecule has 2 fully saturated rings. The van der Waals surface area contributed by atoms with Gasteiger partial charge in [0.05, 0.1) is 24.1 Å². The SMILES string of the molecule is S=C1NCC(CI)[N+]12CCCC2.[I-]. The fourth-order valence-electron chi connectivity index (χ4n) is 2.36. The molecule has 0 aromatic heterocycles. The smallest absolute Gasteiger partial charge is 0.270 e. The quantitative estimate of drug-likeness (QED) is 0.233. The maximum Gasteiger partial charge on any atom is 0.270 e. The fourth-order valence-corrected chi connectivity index (χ4v) is 3.84. The van der Waals surface area contributed by atoms with E-state index >= 15 is 0 Å². The largest absolute Gasteiger partial charge is 1.00 e. The Morgan fingerprint density at radius 2 is 2.08 bits per heavy atom. The molecule has 1 atom stereocenters. The van der Waals surface area contributed by atoms with Crippen LogP contribution in [0.1, 0.15) is 12.8 Å². The van der Waals surface area contributed by atoms with Crippen LogP contribution in [0.3, 0.4) is 0 Å². The van der Waals surface area contributed by atoms with E-state index < -0.39 is 0 Å². The first-order valence-corrected chi connectivity index (χ1v) is 6.44. The second kappa shape index (κ2) is 4.89. The lowest BCUT2D eigenvalue weighted by atomic mass is 10.3. The van der Waals surface area contributed by atoms with Gasteiger partial charge in [0.2, 0.25) is 0 Å². The highest BCUT2D eigenvalue weighted by molar-refractivity contribution is 14.1. The van der Waals surface area contributed by atoms with Gasteiger partial charge in [-0.2, -0.15) is 0 Å². The Morgan fingerprint density at radius 3 is 2.62 bits per heavy atom. The van der Waals surface area contributed by atoms with Crippen LogP contribution in [0.25, 0.3) is 0 Å². The van der Waals surface area contributed by atoms with Crippen LogP contribution in [-0.2, 0) is 0 Å². The Bertz CT molecular complexity index is 204. The molecule has 1 unspecified atom stereocenters. The number of thiocarbonyl (C=S) groups is 1. The molecule has 13 heavy (non-hydrogen) atoms. The molecule has 0 radical (unpaired) electrons. The molecule has 0 amide bonds. The second-order valence-electron chi connectivity index (χ2n) is 3.68. The van der Waals surface area contributed by atoms with Gasteiger partial charge in [0.1, 0.15) is 6.04 Å². The highest BCUT2D eigenvalue weighted by atomic mass is 127. The van der Waals surface area contributed by atoms with Crippen molar-refractivity contribution in [1.82, 2.24) is 5.32 Å². The van der Waals surface area contributed by atoms with Crippen LogP contribution in [0.2, 0.25) is 0 Å².